The predicted octanol–water partition coefficient (Wildman–Crippen LogP) is 7.31. The minimum atomic E-state index is -0.514. The number of anilines is 2. The van der Waals surface area contributed by atoms with Crippen LogP contribution >= 0.6 is 23.4 Å². The molecule has 0 aliphatic rings. The van der Waals surface area contributed by atoms with Gasteiger partial charge in [0.25, 0.3) is 0 Å². The van der Waals surface area contributed by atoms with Crippen LogP contribution in [0, 0.1) is 6.92 Å². The zero-order chi connectivity index (χ0) is 26.2. The van der Waals surface area contributed by atoms with Gasteiger partial charge in [-0.1, -0.05) is 72.3 Å². The molecular weight excluding hydrogens is 504 g/mol. The maximum Gasteiger partial charge on any atom is 0.242 e. The first-order valence-corrected chi connectivity index (χ1v) is 13.0. The molecule has 0 fully saturated rings. The van der Waals surface area contributed by atoms with Crippen molar-refractivity contribution in [1.82, 2.24) is 0 Å². The number of nitrogens with one attached hydrogen (secondary N) is 2. The Labute approximate surface area is 226 Å². The maximum absolute atomic E-state index is 13.5. The Morgan fingerprint density at radius 2 is 1.54 bits per heavy atom. The van der Waals surface area contributed by atoms with Gasteiger partial charge in [-0.05, 0) is 53.9 Å². The third-order valence-electron chi connectivity index (χ3n) is 5.68. The number of amides is 2. The number of carbonyl (C=O) groups is 2. The Balaban J connectivity index is 1.49. The van der Waals surface area contributed by atoms with Crippen LogP contribution in [0.15, 0.2) is 102 Å². The molecule has 5 nitrogen and oxygen atoms in total. The molecule has 0 saturated carbocycles. The fourth-order valence-electron chi connectivity index (χ4n) is 3.77. The highest BCUT2D eigenvalue weighted by Gasteiger charge is 2.23. The third-order valence-corrected chi connectivity index (χ3v) is 7.35. The van der Waals surface area contributed by atoms with E-state index in [1.165, 1.54) is 11.8 Å². The predicted molar refractivity (Wildman–Crippen MR) is 152 cm³/mol. The van der Waals surface area contributed by atoms with E-state index in [2.05, 4.69) is 10.6 Å². The Morgan fingerprint density at radius 1 is 0.892 bits per heavy atom. The minimum Gasteiger partial charge on any atom is -0.495 e. The normalized spacial score (nSPS) is 11.4. The van der Waals surface area contributed by atoms with E-state index >= 15 is 0 Å². The Hall–Kier alpha value is -3.74. The van der Waals surface area contributed by atoms with E-state index in [0.29, 0.717) is 28.6 Å². The highest BCUT2D eigenvalue weighted by Crippen LogP contribution is 2.38. The summed E-state index contributed by atoms with van der Waals surface area (Å²) in [4.78, 5) is 26.8. The molecule has 7 heteroatoms. The lowest BCUT2D eigenvalue weighted by atomic mass is 10.1. The van der Waals surface area contributed by atoms with Crippen molar-refractivity contribution in [2.24, 2.45) is 0 Å². The molecular formula is C30H27ClN2O3S. The van der Waals surface area contributed by atoms with Crippen LogP contribution in [0.3, 0.4) is 0 Å². The second-order valence-electron chi connectivity index (χ2n) is 8.43. The molecule has 1 unspecified atom stereocenters. The van der Waals surface area contributed by atoms with Gasteiger partial charge in [0.1, 0.15) is 11.0 Å². The first-order valence-electron chi connectivity index (χ1n) is 11.7. The lowest BCUT2D eigenvalue weighted by Crippen LogP contribution is -2.19. The number of rotatable bonds is 9. The summed E-state index contributed by atoms with van der Waals surface area (Å²) in [7, 11) is 1.54. The summed E-state index contributed by atoms with van der Waals surface area (Å²) >= 11 is 7.66. The van der Waals surface area contributed by atoms with Crippen LogP contribution < -0.4 is 15.4 Å². The number of hydrogen-bond donors (Lipinski definition) is 2. The molecule has 0 saturated heterocycles. The van der Waals surface area contributed by atoms with E-state index in [1.807, 2.05) is 91.9 Å². The summed E-state index contributed by atoms with van der Waals surface area (Å²) < 4.78 is 5.43. The van der Waals surface area contributed by atoms with E-state index in [-0.39, 0.29) is 11.8 Å². The summed E-state index contributed by atoms with van der Waals surface area (Å²) in [5.74, 6) is 0.230. The standard InChI is InChI=1S/C30H27ClN2O3S/c1-20-17-26(27(36-2)19-25(20)31)33-30(35)29(22-11-7-4-8-12-22)37-24-15-13-23(14-16-24)32-28(34)18-21-9-5-3-6-10-21/h3-17,19,29H,18H2,1-2H3,(H,32,34)(H,33,35). The third kappa shape index (κ3) is 7.15. The van der Waals surface area contributed by atoms with Crippen LogP contribution in [0.4, 0.5) is 11.4 Å². The maximum atomic E-state index is 13.5. The van der Waals surface area contributed by atoms with Crippen molar-refractivity contribution in [3.63, 3.8) is 0 Å². The summed E-state index contributed by atoms with van der Waals surface area (Å²) in [6, 6.07) is 30.2. The fourth-order valence-corrected chi connectivity index (χ4v) is 4.95. The number of ether oxygens (including phenoxy) is 1. The molecule has 188 valence electrons. The summed E-state index contributed by atoms with van der Waals surface area (Å²) in [5.41, 5.74) is 3.93. The molecule has 2 N–H and O–H groups in total. The second-order valence-corrected chi connectivity index (χ2v) is 10.0. The molecule has 0 heterocycles. The quantitative estimate of drug-likeness (QED) is 0.223. The van der Waals surface area contributed by atoms with Gasteiger partial charge in [-0.15, -0.1) is 11.8 Å². The van der Waals surface area contributed by atoms with Crippen molar-refractivity contribution in [3.05, 3.63) is 119 Å². The van der Waals surface area contributed by atoms with Crippen molar-refractivity contribution in [2.75, 3.05) is 17.7 Å². The molecule has 0 aromatic heterocycles. The van der Waals surface area contributed by atoms with Crippen molar-refractivity contribution in [1.29, 1.82) is 0 Å². The van der Waals surface area contributed by atoms with Crippen LogP contribution in [0.2, 0.25) is 5.02 Å². The molecule has 4 rings (SSSR count). The first-order chi connectivity index (χ1) is 17.9. The van der Waals surface area contributed by atoms with E-state index in [0.717, 1.165) is 21.6 Å². The number of thioether (sulfide) groups is 1. The zero-order valence-electron chi connectivity index (χ0n) is 20.5. The van der Waals surface area contributed by atoms with Gasteiger partial charge in [0.15, 0.2) is 0 Å². The van der Waals surface area contributed by atoms with E-state index < -0.39 is 5.25 Å². The lowest BCUT2D eigenvalue weighted by molar-refractivity contribution is -0.116. The van der Waals surface area contributed by atoms with Crippen molar-refractivity contribution in [2.45, 2.75) is 23.5 Å². The van der Waals surface area contributed by atoms with Crippen molar-refractivity contribution >= 4 is 46.6 Å². The van der Waals surface area contributed by atoms with E-state index in [1.54, 1.807) is 19.2 Å². The van der Waals surface area contributed by atoms with Crippen molar-refractivity contribution in [3.8, 4) is 5.75 Å². The molecule has 4 aromatic carbocycles. The van der Waals surface area contributed by atoms with Crippen LogP contribution in [-0.4, -0.2) is 18.9 Å². The van der Waals surface area contributed by atoms with Gasteiger partial charge in [0.2, 0.25) is 11.8 Å². The first kappa shape index (κ1) is 26.3. The number of methoxy groups -OCH3 is 1. The molecule has 0 aliphatic carbocycles. The van der Waals surface area contributed by atoms with Crippen LogP contribution in [0.25, 0.3) is 0 Å². The average molecular weight is 531 g/mol. The topological polar surface area (TPSA) is 67.4 Å². The number of aryl methyl sites for hydroxylation is 1. The molecule has 1 atom stereocenters. The summed E-state index contributed by atoms with van der Waals surface area (Å²) in [5, 5.41) is 5.99. The molecule has 0 bridgehead atoms. The Kier molecular flexibility index (Phi) is 8.88. The average Bonchev–Trinajstić information content (AvgIpc) is 2.91. The SMILES string of the molecule is COc1cc(Cl)c(C)cc1NC(=O)C(Sc1ccc(NC(=O)Cc2ccccc2)cc1)c1ccccc1. The monoisotopic (exact) mass is 530 g/mol. The number of hydrogen-bond acceptors (Lipinski definition) is 4. The fraction of sp³-hybridized carbons (Fsp3) is 0.133. The molecule has 4 aromatic rings. The van der Waals surface area contributed by atoms with Gasteiger partial charge in [-0.2, -0.15) is 0 Å². The van der Waals surface area contributed by atoms with Crippen molar-refractivity contribution < 1.29 is 14.3 Å². The minimum absolute atomic E-state index is 0.0830. The molecule has 37 heavy (non-hydrogen) atoms. The molecule has 0 spiro atoms. The highest BCUT2D eigenvalue weighted by atomic mass is 35.5. The van der Waals surface area contributed by atoms with Gasteiger partial charge in [-0.3, -0.25) is 9.59 Å². The van der Waals surface area contributed by atoms with Gasteiger partial charge >= 0.3 is 0 Å². The van der Waals surface area contributed by atoms with Crippen LogP contribution in [-0.2, 0) is 16.0 Å². The van der Waals surface area contributed by atoms with Gasteiger partial charge in [0.05, 0.1) is 19.2 Å². The highest BCUT2D eigenvalue weighted by molar-refractivity contribution is 8.00. The van der Waals surface area contributed by atoms with E-state index in [9.17, 15) is 9.59 Å². The number of benzene rings is 4. The molecule has 0 aliphatic heterocycles. The van der Waals surface area contributed by atoms with E-state index in [4.69, 9.17) is 16.3 Å². The zero-order valence-corrected chi connectivity index (χ0v) is 22.1. The van der Waals surface area contributed by atoms with Crippen LogP contribution in [0.5, 0.6) is 5.75 Å². The smallest absolute Gasteiger partial charge is 0.242 e. The number of halogens is 1. The summed E-state index contributed by atoms with van der Waals surface area (Å²) in [6.45, 7) is 1.88. The summed E-state index contributed by atoms with van der Waals surface area (Å²) in [6.07, 6.45) is 0.307. The van der Waals surface area contributed by atoms with Gasteiger partial charge < -0.3 is 15.4 Å². The number of carbonyl (C=O) groups excluding carboxylic acids is 2. The van der Waals surface area contributed by atoms with Gasteiger partial charge in [-0.25, -0.2) is 0 Å². The molecule has 2 amide bonds. The largest absolute Gasteiger partial charge is 0.495 e. The second kappa shape index (κ2) is 12.5. The molecule has 0 radical (unpaired) electrons. The Bertz CT molecular complexity index is 1360. The van der Waals surface area contributed by atoms with Crippen LogP contribution in [0.1, 0.15) is 21.9 Å². The Morgan fingerprint density at radius 3 is 2.19 bits per heavy atom. The van der Waals surface area contributed by atoms with Gasteiger partial charge in [0, 0.05) is 21.7 Å². The lowest BCUT2D eigenvalue weighted by Gasteiger charge is -2.19.